The van der Waals surface area contributed by atoms with Crippen LogP contribution in [0.5, 0.6) is 0 Å². The van der Waals surface area contributed by atoms with E-state index < -0.39 is 5.41 Å². The van der Waals surface area contributed by atoms with Gasteiger partial charge >= 0.3 is 0 Å². The fourth-order valence-corrected chi connectivity index (χ4v) is 11.6. The van der Waals surface area contributed by atoms with Crippen molar-refractivity contribution in [2.24, 2.45) is 0 Å². The van der Waals surface area contributed by atoms with Gasteiger partial charge in [-0.2, -0.15) is 0 Å². The van der Waals surface area contributed by atoms with Gasteiger partial charge in [0.25, 0.3) is 0 Å². The highest BCUT2D eigenvalue weighted by Gasteiger charge is 2.46. The molecule has 0 unspecified atom stereocenters. The summed E-state index contributed by atoms with van der Waals surface area (Å²) < 4.78 is 6.82. The molecule has 0 spiro atoms. The molecule has 0 N–H and O–H groups in total. The van der Waals surface area contributed by atoms with Crippen LogP contribution in [0, 0.1) is 0 Å². The van der Waals surface area contributed by atoms with Crippen molar-refractivity contribution in [1.82, 2.24) is 0 Å². The molecule has 312 valence electrons. The number of para-hydroxylation sites is 2. The van der Waals surface area contributed by atoms with Gasteiger partial charge in [0.05, 0.1) is 11.1 Å². The molecule has 1 aromatic heterocycles. The molecule has 0 fully saturated rings. The Morgan fingerprint density at radius 1 is 0.348 bits per heavy atom. The zero-order valence-corrected chi connectivity index (χ0v) is 36.9. The maximum absolute atomic E-state index is 6.82. The van der Waals surface area contributed by atoms with Crippen LogP contribution in [0.15, 0.2) is 241 Å². The highest BCUT2D eigenvalue weighted by molar-refractivity contribution is 6.11. The number of nitrogens with zero attached hydrogens (tertiary/aromatic N) is 1. The summed E-state index contributed by atoms with van der Waals surface area (Å²) in [4.78, 5) is 2.51. The predicted octanol–water partition coefficient (Wildman–Crippen LogP) is 17.1. The third kappa shape index (κ3) is 5.55. The van der Waals surface area contributed by atoms with Gasteiger partial charge in [-0.1, -0.05) is 214 Å². The van der Waals surface area contributed by atoms with E-state index in [1.807, 2.05) is 0 Å². The van der Waals surface area contributed by atoms with E-state index in [9.17, 15) is 0 Å². The smallest absolute Gasteiger partial charge is 0.143 e. The van der Waals surface area contributed by atoms with Gasteiger partial charge in [-0.25, -0.2) is 0 Å². The Labute approximate surface area is 385 Å². The van der Waals surface area contributed by atoms with E-state index in [2.05, 4.69) is 255 Å². The van der Waals surface area contributed by atoms with E-state index in [4.69, 9.17) is 4.42 Å². The summed E-state index contributed by atoms with van der Waals surface area (Å²) in [6.07, 6.45) is 0. The highest BCUT2D eigenvalue weighted by Crippen LogP contribution is 2.57. The van der Waals surface area contributed by atoms with E-state index in [-0.39, 0.29) is 5.41 Å². The minimum Gasteiger partial charge on any atom is -0.455 e. The third-order valence-corrected chi connectivity index (χ3v) is 14.6. The summed E-state index contributed by atoms with van der Waals surface area (Å²) in [7, 11) is 0. The Kier molecular flexibility index (Phi) is 8.51. The number of furan rings is 1. The molecule has 0 saturated carbocycles. The van der Waals surface area contributed by atoms with Gasteiger partial charge in [0, 0.05) is 38.7 Å². The zero-order valence-electron chi connectivity index (χ0n) is 36.9. The van der Waals surface area contributed by atoms with E-state index in [0.29, 0.717) is 0 Å². The third-order valence-electron chi connectivity index (χ3n) is 14.6. The first-order valence-corrected chi connectivity index (χ1v) is 23.0. The van der Waals surface area contributed by atoms with Crippen LogP contribution in [0.3, 0.4) is 0 Å². The molecule has 0 bridgehead atoms. The predicted molar refractivity (Wildman–Crippen MR) is 274 cm³/mol. The van der Waals surface area contributed by atoms with Gasteiger partial charge in [0.15, 0.2) is 0 Å². The van der Waals surface area contributed by atoms with Crippen LogP contribution in [0.1, 0.15) is 47.2 Å². The van der Waals surface area contributed by atoms with E-state index >= 15 is 0 Å². The molecule has 13 rings (SSSR count). The second-order valence-corrected chi connectivity index (χ2v) is 18.4. The average molecular weight is 844 g/mol. The highest BCUT2D eigenvalue weighted by atomic mass is 16.3. The molecule has 0 aliphatic heterocycles. The molecular weight excluding hydrogens is 799 g/mol. The van der Waals surface area contributed by atoms with Crippen molar-refractivity contribution in [3.8, 4) is 44.5 Å². The van der Waals surface area contributed by atoms with Gasteiger partial charge in [-0.3, -0.25) is 0 Å². The van der Waals surface area contributed by atoms with Crippen LogP contribution in [-0.4, -0.2) is 0 Å². The van der Waals surface area contributed by atoms with Gasteiger partial charge in [-0.05, 0) is 103 Å². The van der Waals surface area contributed by atoms with Gasteiger partial charge in [0.1, 0.15) is 11.2 Å². The minimum absolute atomic E-state index is 0.196. The molecule has 2 nitrogen and oxygen atoms in total. The SMILES string of the molecule is CC1(C)c2ccccc2-c2ccc(N(c3cccc(C4(c5ccccc5)c5ccccc5-c5ccccc54)c3)c3cc(-c4ccccc4)ccc3-c3cccc4c3oc3ccccc34)cc21. The standard InChI is InChI=1S/C64H45NO/c1-63(2)56-31-13-9-25-48(56)51-38-36-47(41-59(51)63)65(46-24-17-23-45(40-46)64(44-21-7-4-8-22-44)57-32-14-10-26-49(57)50-27-11-15-33-58(50)64)60-39-43(42-19-5-3-6-20-42)35-37-52(60)54-29-18-30-55-53-28-12-16-34-61(53)66-62(54)55/h3-41H,1-2H3. The number of fused-ring (bicyclic) bond motifs is 9. The lowest BCUT2D eigenvalue weighted by Gasteiger charge is -2.35. The minimum atomic E-state index is -0.563. The summed E-state index contributed by atoms with van der Waals surface area (Å²) >= 11 is 0. The van der Waals surface area contributed by atoms with Crippen molar-refractivity contribution < 1.29 is 4.42 Å². The topological polar surface area (TPSA) is 16.4 Å². The molecule has 11 aromatic rings. The van der Waals surface area contributed by atoms with Crippen LogP contribution < -0.4 is 4.90 Å². The Bertz CT molecular complexity index is 3640. The van der Waals surface area contributed by atoms with Crippen molar-refractivity contribution in [3.05, 3.63) is 270 Å². The normalized spacial score (nSPS) is 13.8. The number of benzene rings is 10. The summed E-state index contributed by atoms with van der Waals surface area (Å²) in [6, 6.07) is 87.2. The molecule has 2 heteroatoms. The van der Waals surface area contributed by atoms with Crippen molar-refractivity contribution in [1.29, 1.82) is 0 Å². The van der Waals surface area contributed by atoms with Crippen molar-refractivity contribution in [3.63, 3.8) is 0 Å². The largest absolute Gasteiger partial charge is 0.455 e. The lowest BCUT2D eigenvalue weighted by Crippen LogP contribution is -2.28. The molecule has 10 aromatic carbocycles. The van der Waals surface area contributed by atoms with Gasteiger partial charge in [0.2, 0.25) is 0 Å². The second-order valence-electron chi connectivity index (χ2n) is 18.4. The van der Waals surface area contributed by atoms with Crippen LogP contribution in [0.25, 0.3) is 66.4 Å². The van der Waals surface area contributed by atoms with Crippen molar-refractivity contribution >= 4 is 39.0 Å². The first-order valence-electron chi connectivity index (χ1n) is 23.0. The first kappa shape index (κ1) is 38.3. The summed E-state index contributed by atoms with van der Waals surface area (Å²) in [5, 5.41) is 2.22. The Morgan fingerprint density at radius 2 is 0.894 bits per heavy atom. The fourth-order valence-electron chi connectivity index (χ4n) is 11.6. The molecule has 0 radical (unpaired) electrons. The monoisotopic (exact) mass is 843 g/mol. The van der Waals surface area contributed by atoms with E-state index in [1.165, 1.54) is 55.6 Å². The molecule has 0 amide bonds. The molecule has 2 aliphatic rings. The van der Waals surface area contributed by atoms with Crippen LogP contribution >= 0.6 is 0 Å². The number of rotatable bonds is 7. The number of hydrogen-bond donors (Lipinski definition) is 0. The molecular formula is C64H45NO. The summed E-state index contributed by atoms with van der Waals surface area (Å²) in [6.45, 7) is 4.74. The number of hydrogen-bond acceptors (Lipinski definition) is 2. The zero-order chi connectivity index (χ0) is 44.0. The van der Waals surface area contributed by atoms with E-state index in [1.54, 1.807) is 0 Å². The average Bonchev–Trinajstić information content (AvgIpc) is 3.99. The maximum atomic E-state index is 6.82. The Balaban J connectivity index is 1.12. The number of anilines is 3. The Hall–Kier alpha value is -8.20. The van der Waals surface area contributed by atoms with Crippen molar-refractivity contribution in [2.75, 3.05) is 4.90 Å². The van der Waals surface area contributed by atoms with Crippen LogP contribution in [-0.2, 0) is 10.8 Å². The molecule has 0 atom stereocenters. The molecule has 66 heavy (non-hydrogen) atoms. The van der Waals surface area contributed by atoms with E-state index in [0.717, 1.165) is 61.3 Å². The fraction of sp³-hybridized carbons (Fsp3) is 0.0625. The Morgan fingerprint density at radius 3 is 1.65 bits per heavy atom. The van der Waals surface area contributed by atoms with Gasteiger partial charge < -0.3 is 9.32 Å². The van der Waals surface area contributed by atoms with Crippen LogP contribution in [0.2, 0.25) is 0 Å². The molecule has 1 heterocycles. The quantitative estimate of drug-likeness (QED) is 0.159. The van der Waals surface area contributed by atoms with Crippen molar-refractivity contribution in [2.45, 2.75) is 24.7 Å². The lowest BCUT2D eigenvalue weighted by molar-refractivity contribution is 0.660. The molecule has 0 saturated heterocycles. The lowest BCUT2D eigenvalue weighted by atomic mass is 9.67. The molecule has 2 aliphatic carbocycles. The first-order chi connectivity index (χ1) is 32.5. The van der Waals surface area contributed by atoms with Crippen LogP contribution in [0.4, 0.5) is 17.1 Å². The summed E-state index contributed by atoms with van der Waals surface area (Å²) in [5.41, 5.74) is 21.5. The summed E-state index contributed by atoms with van der Waals surface area (Å²) in [5.74, 6) is 0. The second kappa shape index (κ2) is 14.7. The van der Waals surface area contributed by atoms with Gasteiger partial charge in [-0.15, -0.1) is 0 Å². The maximum Gasteiger partial charge on any atom is 0.143 e.